The molecule has 0 unspecified atom stereocenters. The Morgan fingerprint density at radius 3 is 2.47 bits per heavy atom. The number of nitrogens with zero attached hydrogens (tertiary/aromatic N) is 2. The Labute approximate surface area is 182 Å². The van der Waals surface area contributed by atoms with Gasteiger partial charge in [0.2, 0.25) is 0 Å². The van der Waals surface area contributed by atoms with Gasteiger partial charge in [-0.3, -0.25) is 9.36 Å². The van der Waals surface area contributed by atoms with Crippen molar-refractivity contribution in [1.29, 1.82) is 0 Å². The van der Waals surface area contributed by atoms with Crippen LogP contribution in [0.5, 0.6) is 11.6 Å². The molecule has 5 nitrogen and oxygen atoms in total. The number of halogens is 1. The maximum Gasteiger partial charge on any atom is 0.317 e. The molecule has 0 saturated carbocycles. The number of aryl methyl sites for hydroxylation is 1. The molecule has 158 valence electrons. The zero-order valence-corrected chi connectivity index (χ0v) is 18.6. The monoisotopic (exact) mass is 426 g/mol. The van der Waals surface area contributed by atoms with Crippen LogP contribution in [0.2, 0.25) is 5.02 Å². The lowest BCUT2D eigenvalue weighted by Crippen LogP contribution is -2.22. The maximum absolute atomic E-state index is 12.8. The summed E-state index contributed by atoms with van der Waals surface area (Å²) in [4.78, 5) is 16.9. The normalized spacial score (nSPS) is 11.4. The number of ether oxygens (including phenoxy) is 2. The van der Waals surface area contributed by atoms with E-state index in [1.807, 2.05) is 49.4 Å². The van der Waals surface area contributed by atoms with Crippen LogP contribution in [0.4, 0.5) is 0 Å². The van der Waals surface area contributed by atoms with E-state index in [0.717, 1.165) is 22.6 Å². The molecule has 0 bridgehead atoms. The molecule has 1 heterocycles. The fraction of sp³-hybridized carbons (Fsp3) is 0.333. The molecule has 0 spiro atoms. The summed E-state index contributed by atoms with van der Waals surface area (Å²) in [7, 11) is 0. The van der Waals surface area contributed by atoms with Crippen LogP contribution in [0.15, 0.2) is 59.7 Å². The summed E-state index contributed by atoms with van der Waals surface area (Å²) < 4.78 is 13.1. The quantitative estimate of drug-likeness (QED) is 0.518. The predicted octanol–water partition coefficient (Wildman–Crippen LogP) is 5.24. The van der Waals surface area contributed by atoms with E-state index >= 15 is 0 Å². The fourth-order valence-electron chi connectivity index (χ4n) is 2.85. The van der Waals surface area contributed by atoms with Crippen molar-refractivity contribution in [2.75, 3.05) is 13.2 Å². The fourth-order valence-corrected chi connectivity index (χ4v) is 2.98. The summed E-state index contributed by atoms with van der Waals surface area (Å²) >= 11 is 5.90. The third-order valence-electron chi connectivity index (χ3n) is 4.45. The zero-order chi connectivity index (χ0) is 21.7. The minimum atomic E-state index is -0.295. The summed E-state index contributed by atoms with van der Waals surface area (Å²) in [5.74, 6) is 0.896. The van der Waals surface area contributed by atoms with E-state index < -0.39 is 0 Å². The molecule has 3 rings (SSSR count). The van der Waals surface area contributed by atoms with Gasteiger partial charge in [0.15, 0.2) is 0 Å². The van der Waals surface area contributed by atoms with Crippen LogP contribution >= 0.6 is 11.6 Å². The lowest BCUT2D eigenvalue weighted by atomic mass is 9.98. The van der Waals surface area contributed by atoms with Gasteiger partial charge >= 0.3 is 5.56 Å². The Kier molecular flexibility index (Phi) is 6.83. The lowest BCUT2D eigenvalue weighted by molar-refractivity contribution is 0.197. The van der Waals surface area contributed by atoms with Gasteiger partial charge < -0.3 is 9.47 Å². The van der Waals surface area contributed by atoms with Crippen molar-refractivity contribution in [3.63, 3.8) is 0 Å². The average molecular weight is 427 g/mol. The minimum absolute atomic E-state index is 0.0748. The van der Waals surface area contributed by atoms with Crippen LogP contribution < -0.4 is 15.0 Å². The van der Waals surface area contributed by atoms with Crippen molar-refractivity contribution in [2.24, 2.45) is 5.41 Å². The summed E-state index contributed by atoms with van der Waals surface area (Å²) in [6.07, 6.45) is 3.86. The molecule has 2 aromatic carbocycles. The highest BCUT2D eigenvalue weighted by Crippen LogP contribution is 2.23. The molecule has 0 radical (unpaired) electrons. The third kappa shape index (κ3) is 5.86. The highest BCUT2D eigenvalue weighted by molar-refractivity contribution is 6.30. The Bertz CT molecular complexity index is 1050. The second-order valence-electron chi connectivity index (χ2n) is 8.43. The van der Waals surface area contributed by atoms with E-state index in [1.165, 1.54) is 4.57 Å². The van der Waals surface area contributed by atoms with Gasteiger partial charge in [-0.1, -0.05) is 44.5 Å². The number of rotatable bonds is 7. The van der Waals surface area contributed by atoms with Gasteiger partial charge in [0.1, 0.15) is 5.75 Å². The summed E-state index contributed by atoms with van der Waals surface area (Å²) in [6.45, 7) is 9.32. The van der Waals surface area contributed by atoms with E-state index in [1.54, 1.807) is 12.4 Å². The molecule has 0 aliphatic rings. The van der Waals surface area contributed by atoms with Crippen molar-refractivity contribution in [3.8, 4) is 17.3 Å². The van der Waals surface area contributed by atoms with Gasteiger partial charge in [-0.25, -0.2) is 4.98 Å². The van der Waals surface area contributed by atoms with Crippen molar-refractivity contribution in [1.82, 2.24) is 9.55 Å². The molecule has 0 aliphatic carbocycles. The van der Waals surface area contributed by atoms with Gasteiger partial charge in [-0.15, -0.1) is 0 Å². The zero-order valence-electron chi connectivity index (χ0n) is 17.8. The smallest absolute Gasteiger partial charge is 0.317 e. The summed E-state index contributed by atoms with van der Waals surface area (Å²) in [5, 5.41) is 0.692. The largest absolute Gasteiger partial charge is 0.493 e. The van der Waals surface area contributed by atoms with E-state index in [2.05, 4.69) is 25.8 Å². The molecule has 0 aliphatic heterocycles. The average Bonchev–Trinajstić information content (AvgIpc) is 2.69. The van der Waals surface area contributed by atoms with Crippen molar-refractivity contribution in [2.45, 2.75) is 34.1 Å². The van der Waals surface area contributed by atoms with Gasteiger partial charge in [0.25, 0.3) is 5.88 Å². The SMILES string of the molecule is Cc1cc(-n2ccnc(OCCc3ccc(Cl)cc3)c2=O)ccc1OCC(C)(C)C. The summed E-state index contributed by atoms with van der Waals surface area (Å²) in [5.41, 5.74) is 2.57. The van der Waals surface area contributed by atoms with E-state index in [-0.39, 0.29) is 16.9 Å². The highest BCUT2D eigenvalue weighted by atomic mass is 35.5. The van der Waals surface area contributed by atoms with Crippen LogP contribution in [0.3, 0.4) is 0 Å². The molecule has 0 N–H and O–H groups in total. The Morgan fingerprint density at radius 2 is 1.80 bits per heavy atom. The Balaban J connectivity index is 1.71. The van der Waals surface area contributed by atoms with Gasteiger partial charge in [-0.05, 0) is 53.8 Å². The second-order valence-corrected chi connectivity index (χ2v) is 8.87. The molecular formula is C24H27ClN2O3. The van der Waals surface area contributed by atoms with E-state index in [9.17, 15) is 4.79 Å². The topological polar surface area (TPSA) is 53.4 Å². The molecular weight excluding hydrogens is 400 g/mol. The maximum atomic E-state index is 12.8. The molecule has 30 heavy (non-hydrogen) atoms. The number of aromatic nitrogens is 2. The first-order valence-electron chi connectivity index (χ1n) is 9.92. The first kappa shape index (κ1) is 21.9. The number of hydrogen-bond acceptors (Lipinski definition) is 4. The predicted molar refractivity (Wildman–Crippen MR) is 120 cm³/mol. The van der Waals surface area contributed by atoms with Crippen molar-refractivity contribution in [3.05, 3.63) is 81.4 Å². The second kappa shape index (κ2) is 9.35. The summed E-state index contributed by atoms with van der Waals surface area (Å²) in [6, 6.07) is 13.2. The highest BCUT2D eigenvalue weighted by Gasteiger charge is 2.13. The van der Waals surface area contributed by atoms with Gasteiger partial charge in [0.05, 0.1) is 13.2 Å². The number of hydrogen-bond donors (Lipinski definition) is 0. The minimum Gasteiger partial charge on any atom is -0.493 e. The molecule has 0 amide bonds. The molecule has 1 aromatic heterocycles. The van der Waals surface area contributed by atoms with Crippen LogP contribution in [-0.4, -0.2) is 22.8 Å². The van der Waals surface area contributed by atoms with Crippen molar-refractivity contribution >= 4 is 11.6 Å². The molecule has 6 heteroatoms. The van der Waals surface area contributed by atoms with Gasteiger partial charge in [0, 0.05) is 29.5 Å². The van der Waals surface area contributed by atoms with E-state index in [0.29, 0.717) is 24.7 Å². The Hall–Kier alpha value is -2.79. The lowest BCUT2D eigenvalue weighted by Gasteiger charge is -2.20. The van der Waals surface area contributed by atoms with Crippen molar-refractivity contribution < 1.29 is 9.47 Å². The molecule has 0 saturated heterocycles. The molecule has 3 aromatic rings. The Morgan fingerprint density at radius 1 is 1.07 bits per heavy atom. The standard InChI is InChI=1S/C24H27ClN2O3/c1-17-15-20(9-10-21(17)30-16-24(2,3)4)27-13-12-26-22(23(27)28)29-14-11-18-5-7-19(25)8-6-18/h5-10,12-13,15H,11,14,16H2,1-4H3. The van der Waals surface area contributed by atoms with E-state index in [4.69, 9.17) is 21.1 Å². The first-order valence-corrected chi connectivity index (χ1v) is 10.3. The van der Waals surface area contributed by atoms with Crippen LogP contribution in [-0.2, 0) is 6.42 Å². The molecule has 0 fully saturated rings. The van der Waals surface area contributed by atoms with Crippen LogP contribution in [0, 0.1) is 12.3 Å². The number of benzene rings is 2. The van der Waals surface area contributed by atoms with Gasteiger partial charge in [-0.2, -0.15) is 0 Å². The third-order valence-corrected chi connectivity index (χ3v) is 4.70. The van der Waals surface area contributed by atoms with Crippen LogP contribution in [0.25, 0.3) is 5.69 Å². The van der Waals surface area contributed by atoms with Crippen LogP contribution in [0.1, 0.15) is 31.9 Å². The first-order chi connectivity index (χ1) is 14.2. The molecule has 0 atom stereocenters.